The van der Waals surface area contributed by atoms with Gasteiger partial charge in [-0.05, 0) is 13.8 Å². The molecule has 120 valence electrons. The van der Waals surface area contributed by atoms with Gasteiger partial charge in [0.1, 0.15) is 11.6 Å². The largest absolute Gasteiger partial charge is 0.391 e. The van der Waals surface area contributed by atoms with Gasteiger partial charge in [-0.15, -0.1) is 0 Å². The Labute approximate surface area is 130 Å². The van der Waals surface area contributed by atoms with Crippen LogP contribution in [0.25, 0.3) is 0 Å². The molecule has 0 bridgehead atoms. The summed E-state index contributed by atoms with van der Waals surface area (Å²) in [5.41, 5.74) is 3.10. The second-order valence-electron chi connectivity index (χ2n) is 6.27. The summed E-state index contributed by atoms with van der Waals surface area (Å²) in [6, 6.07) is 1.95. The molecule has 1 fully saturated rings. The van der Waals surface area contributed by atoms with Crippen molar-refractivity contribution in [2.24, 2.45) is 5.92 Å². The molecule has 0 spiro atoms. The van der Waals surface area contributed by atoms with Crippen LogP contribution in [0, 0.1) is 19.8 Å². The predicted octanol–water partition coefficient (Wildman–Crippen LogP) is 1.61. The quantitative estimate of drug-likeness (QED) is 0.877. The molecule has 22 heavy (non-hydrogen) atoms. The van der Waals surface area contributed by atoms with Crippen LogP contribution in [-0.4, -0.2) is 44.3 Å². The summed E-state index contributed by atoms with van der Waals surface area (Å²) in [7, 11) is 0. The van der Waals surface area contributed by atoms with Crippen LogP contribution in [0.3, 0.4) is 0 Å². The highest BCUT2D eigenvalue weighted by molar-refractivity contribution is 5.13. The van der Waals surface area contributed by atoms with E-state index in [9.17, 15) is 5.11 Å². The fraction of sp³-hybridized carbons (Fsp3) is 0.625. The Balaban J connectivity index is 1.61. The Hall–Kier alpha value is -1.66. The number of aromatic nitrogens is 3. The number of rotatable bonds is 5. The van der Waals surface area contributed by atoms with Gasteiger partial charge in [0.15, 0.2) is 0 Å². The van der Waals surface area contributed by atoms with Gasteiger partial charge >= 0.3 is 0 Å². The van der Waals surface area contributed by atoms with Crippen molar-refractivity contribution in [3.63, 3.8) is 0 Å². The van der Waals surface area contributed by atoms with E-state index in [1.807, 2.05) is 13.0 Å². The lowest BCUT2D eigenvalue weighted by molar-refractivity contribution is 0.137. The molecule has 3 rings (SSSR count). The van der Waals surface area contributed by atoms with E-state index in [-0.39, 0.29) is 12.0 Å². The van der Waals surface area contributed by atoms with Crippen molar-refractivity contribution in [2.75, 3.05) is 13.1 Å². The molecule has 0 unspecified atom stereocenters. The minimum atomic E-state index is -0.324. The van der Waals surface area contributed by atoms with E-state index < -0.39 is 0 Å². The van der Waals surface area contributed by atoms with Crippen molar-refractivity contribution in [1.29, 1.82) is 0 Å². The first kappa shape index (κ1) is 15.2. The number of nitrogens with one attached hydrogen (secondary N) is 1. The monoisotopic (exact) mass is 304 g/mol. The number of aliphatic hydroxyl groups is 1. The molecule has 0 saturated carbocycles. The first-order chi connectivity index (χ1) is 10.5. The van der Waals surface area contributed by atoms with Gasteiger partial charge in [-0.1, -0.05) is 12.1 Å². The van der Waals surface area contributed by atoms with Crippen LogP contribution in [0.1, 0.15) is 35.6 Å². The zero-order valence-electron chi connectivity index (χ0n) is 13.5. The number of hydrogen-bond donors (Lipinski definition) is 2. The molecule has 2 aromatic heterocycles. The minimum absolute atomic E-state index is 0.192. The third kappa shape index (κ3) is 3.23. The molecule has 1 saturated heterocycles. The lowest BCUT2D eigenvalue weighted by Crippen LogP contribution is -2.22. The highest BCUT2D eigenvalue weighted by atomic mass is 16.5. The summed E-state index contributed by atoms with van der Waals surface area (Å²) in [4.78, 5) is 10.2. The molecule has 0 aromatic carbocycles. The zero-order chi connectivity index (χ0) is 15.7. The van der Waals surface area contributed by atoms with Crippen molar-refractivity contribution in [3.05, 3.63) is 34.7 Å². The highest BCUT2D eigenvalue weighted by Crippen LogP contribution is 2.23. The second-order valence-corrected chi connectivity index (χ2v) is 6.27. The van der Waals surface area contributed by atoms with E-state index >= 15 is 0 Å². The number of likely N-dealkylation sites (tertiary alicyclic amines) is 1. The third-order valence-corrected chi connectivity index (χ3v) is 4.37. The van der Waals surface area contributed by atoms with E-state index in [1.54, 1.807) is 0 Å². The zero-order valence-corrected chi connectivity index (χ0v) is 13.5. The second kappa shape index (κ2) is 6.22. The molecular formula is C16H24N4O2. The van der Waals surface area contributed by atoms with Crippen LogP contribution < -0.4 is 0 Å². The topological polar surface area (TPSA) is 78.2 Å². The molecule has 0 aliphatic carbocycles. The molecule has 6 heteroatoms. The summed E-state index contributed by atoms with van der Waals surface area (Å²) < 4.78 is 5.27. The van der Waals surface area contributed by atoms with Crippen LogP contribution in [0.2, 0.25) is 0 Å². The van der Waals surface area contributed by atoms with Crippen LogP contribution >= 0.6 is 0 Å². The number of H-pyrrole nitrogens is 1. The van der Waals surface area contributed by atoms with Gasteiger partial charge in [-0.25, -0.2) is 4.98 Å². The Morgan fingerprint density at radius 1 is 1.41 bits per heavy atom. The Bertz CT molecular complexity index is 634. The van der Waals surface area contributed by atoms with Crippen LogP contribution in [-0.2, 0) is 19.4 Å². The number of aromatic amines is 1. The van der Waals surface area contributed by atoms with Crippen LogP contribution in [0.4, 0.5) is 0 Å². The fourth-order valence-electron chi connectivity index (χ4n) is 3.14. The number of β-amino-alcohol motifs (C(OH)–C–C–N with tert-alkyl or cyclic N) is 1. The smallest absolute Gasteiger partial charge is 0.137 e. The summed E-state index contributed by atoms with van der Waals surface area (Å²) in [6.45, 7) is 8.39. The van der Waals surface area contributed by atoms with Crippen molar-refractivity contribution in [1.82, 2.24) is 20.0 Å². The molecule has 6 nitrogen and oxygen atoms in total. The number of imidazole rings is 1. The number of aliphatic hydroxyl groups excluding tert-OH is 1. The average molecular weight is 304 g/mol. The molecule has 1 aliphatic rings. The molecule has 2 aromatic rings. The Morgan fingerprint density at radius 3 is 2.86 bits per heavy atom. The minimum Gasteiger partial charge on any atom is -0.391 e. The SMILES string of the molecule is CCc1nc(CN2C[C@@H](Cc3cc(C)no3)[C@@H](O)C2)c(C)[nH]1. The van der Waals surface area contributed by atoms with Crippen LogP contribution in [0.15, 0.2) is 10.6 Å². The molecule has 0 radical (unpaired) electrons. The molecule has 0 amide bonds. The van der Waals surface area contributed by atoms with Crippen molar-refractivity contribution in [2.45, 2.75) is 46.3 Å². The summed E-state index contributed by atoms with van der Waals surface area (Å²) in [6.07, 6.45) is 1.32. The van der Waals surface area contributed by atoms with E-state index in [4.69, 9.17) is 4.52 Å². The molecule has 1 aliphatic heterocycles. The van der Waals surface area contributed by atoms with Gasteiger partial charge in [0.25, 0.3) is 0 Å². The molecule has 2 N–H and O–H groups in total. The van der Waals surface area contributed by atoms with Gasteiger partial charge in [0.2, 0.25) is 0 Å². The molecule has 2 atom stereocenters. The average Bonchev–Trinajstić information content (AvgIpc) is 3.13. The Kier molecular flexibility index (Phi) is 4.31. The lowest BCUT2D eigenvalue weighted by Gasteiger charge is -2.14. The van der Waals surface area contributed by atoms with Crippen molar-refractivity contribution >= 4 is 0 Å². The predicted molar refractivity (Wildman–Crippen MR) is 82.4 cm³/mol. The maximum absolute atomic E-state index is 10.3. The van der Waals surface area contributed by atoms with Crippen LogP contribution in [0.5, 0.6) is 0 Å². The van der Waals surface area contributed by atoms with Crippen molar-refractivity contribution < 1.29 is 9.63 Å². The third-order valence-electron chi connectivity index (χ3n) is 4.37. The van der Waals surface area contributed by atoms with Gasteiger partial charge in [0.05, 0.1) is 17.5 Å². The standard InChI is InChI=1S/C16H24N4O2/c1-4-16-17-11(3)14(18-16)8-20-7-12(15(21)9-20)6-13-5-10(2)19-22-13/h5,12,15,21H,4,6-9H2,1-3H3,(H,17,18)/t12-,15+/m1/s1. The maximum atomic E-state index is 10.3. The first-order valence-electron chi connectivity index (χ1n) is 7.92. The lowest BCUT2D eigenvalue weighted by atomic mass is 10.0. The first-order valence-corrected chi connectivity index (χ1v) is 7.92. The fourth-order valence-corrected chi connectivity index (χ4v) is 3.14. The Morgan fingerprint density at radius 2 is 2.23 bits per heavy atom. The normalized spacial score (nSPS) is 22.5. The summed E-state index contributed by atoms with van der Waals surface area (Å²) in [5, 5.41) is 14.2. The highest BCUT2D eigenvalue weighted by Gasteiger charge is 2.32. The van der Waals surface area contributed by atoms with Gasteiger partial charge in [0, 0.05) is 50.2 Å². The number of hydrogen-bond acceptors (Lipinski definition) is 5. The van der Waals surface area contributed by atoms with Crippen molar-refractivity contribution in [3.8, 4) is 0 Å². The molecular weight excluding hydrogens is 280 g/mol. The summed E-state index contributed by atoms with van der Waals surface area (Å²) in [5.74, 6) is 2.07. The van der Waals surface area contributed by atoms with E-state index in [0.717, 1.165) is 54.6 Å². The molecule has 3 heterocycles. The van der Waals surface area contributed by atoms with Gasteiger partial charge in [-0.3, -0.25) is 4.90 Å². The van der Waals surface area contributed by atoms with Gasteiger partial charge < -0.3 is 14.6 Å². The van der Waals surface area contributed by atoms with E-state index in [0.29, 0.717) is 6.54 Å². The number of aryl methyl sites for hydroxylation is 3. The summed E-state index contributed by atoms with van der Waals surface area (Å²) >= 11 is 0. The maximum Gasteiger partial charge on any atom is 0.137 e. The number of nitrogens with zero attached hydrogens (tertiary/aromatic N) is 3. The van der Waals surface area contributed by atoms with E-state index in [1.165, 1.54) is 0 Å². The van der Waals surface area contributed by atoms with Gasteiger partial charge in [-0.2, -0.15) is 0 Å². The van der Waals surface area contributed by atoms with E-state index in [2.05, 4.69) is 33.9 Å².